The zero-order valence-electron chi connectivity index (χ0n) is 10.1. The summed E-state index contributed by atoms with van der Waals surface area (Å²) in [6.07, 6.45) is -1.88. The number of nitro benzene ring substituents is 1. The van der Waals surface area contributed by atoms with Crippen molar-refractivity contribution in [3.63, 3.8) is 0 Å². The second-order valence-electron chi connectivity index (χ2n) is 3.85. The molecule has 9 nitrogen and oxygen atoms in total. The second kappa shape index (κ2) is 6.41. The number of carboxylic acids is 1. The molecule has 1 aromatic carbocycles. The molecule has 0 aromatic heterocycles. The fourth-order valence-corrected chi connectivity index (χ4v) is 2.53. The van der Waals surface area contributed by atoms with Crippen LogP contribution in [-0.2, 0) is 20.6 Å². The normalized spacial score (nSPS) is 12.8. The van der Waals surface area contributed by atoms with E-state index in [9.17, 15) is 23.3 Å². The number of para-hydroxylation sites is 1. The summed E-state index contributed by atoms with van der Waals surface area (Å²) in [6, 6.07) is 5.29. The van der Waals surface area contributed by atoms with Crippen LogP contribution in [0.3, 0.4) is 0 Å². The van der Waals surface area contributed by atoms with E-state index < -0.39 is 39.3 Å². The van der Waals surface area contributed by atoms with E-state index >= 15 is 0 Å². The first kappa shape index (κ1) is 16.0. The SMILES string of the molecule is O=C(O)C(O)CNS(=O)(=O)Cc1ccccc1[N+](=O)[O-]. The van der Waals surface area contributed by atoms with Gasteiger partial charge in [0.25, 0.3) is 5.69 Å². The summed E-state index contributed by atoms with van der Waals surface area (Å²) in [5.41, 5.74) is -0.383. The van der Waals surface area contributed by atoms with Gasteiger partial charge in [0.15, 0.2) is 6.10 Å². The summed E-state index contributed by atoms with van der Waals surface area (Å²) >= 11 is 0. The van der Waals surface area contributed by atoms with E-state index in [0.717, 1.165) is 6.07 Å². The Kier molecular flexibility index (Phi) is 5.13. The summed E-state index contributed by atoms with van der Waals surface area (Å²) in [6.45, 7) is -0.710. The van der Waals surface area contributed by atoms with Crippen molar-refractivity contribution in [2.45, 2.75) is 11.9 Å². The number of hydrogen-bond donors (Lipinski definition) is 3. The van der Waals surface area contributed by atoms with Crippen LogP contribution in [0.15, 0.2) is 24.3 Å². The van der Waals surface area contributed by atoms with Crippen molar-refractivity contribution in [1.29, 1.82) is 0 Å². The lowest BCUT2D eigenvalue weighted by atomic mass is 10.2. The van der Waals surface area contributed by atoms with Crippen LogP contribution in [0, 0.1) is 10.1 Å². The van der Waals surface area contributed by atoms with Crippen LogP contribution in [0.5, 0.6) is 0 Å². The average molecular weight is 304 g/mol. The Morgan fingerprint density at radius 2 is 2.00 bits per heavy atom. The van der Waals surface area contributed by atoms with Gasteiger partial charge in [-0.3, -0.25) is 10.1 Å². The first-order valence-electron chi connectivity index (χ1n) is 5.33. The molecule has 1 atom stereocenters. The van der Waals surface area contributed by atoms with Gasteiger partial charge in [0.2, 0.25) is 10.0 Å². The topological polar surface area (TPSA) is 147 Å². The number of aliphatic carboxylic acids is 1. The van der Waals surface area contributed by atoms with E-state index in [1.807, 2.05) is 4.72 Å². The molecule has 1 aromatic rings. The van der Waals surface area contributed by atoms with E-state index in [0.29, 0.717) is 0 Å². The summed E-state index contributed by atoms with van der Waals surface area (Å²) in [5, 5.41) is 28.1. The quantitative estimate of drug-likeness (QED) is 0.452. The van der Waals surface area contributed by atoms with Crippen LogP contribution in [0.25, 0.3) is 0 Å². The monoisotopic (exact) mass is 304 g/mol. The van der Waals surface area contributed by atoms with Gasteiger partial charge in [0.05, 0.1) is 10.7 Å². The molecule has 20 heavy (non-hydrogen) atoms. The highest BCUT2D eigenvalue weighted by Gasteiger charge is 2.22. The number of sulfonamides is 1. The van der Waals surface area contributed by atoms with Gasteiger partial charge < -0.3 is 10.2 Å². The minimum atomic E-state index is -4.00. The standard InChI is InChI=1S/C10H12N2O7S/c13-9(10(14)15)5-11-20(18,19)6-7-3-1-2-4-8(7)12(16)17/h1-4,9,11,13H,5-6H2,(H,14,15). The molecule has 1 rings (SSSR count). The number of aliphatic hydroxyl groups excluding tert-OH is 1. The van der Waals surface area contributed by atoms with Crippen LogP contribution in [0.2, 0.25) is 0 Å². The Morgan fingerprint density at radius 1 is 1.40 bits per heavy atom. The largest absolute Gasteiger partial charge is 0.479 e. The molecule has 10 heteroatoms. The molecule has 0 amide bonds. The first-order valence-corrected chi connectivity index (χ1v) is 6.98. The third-order valence-corrected chi connectivity index (χ3v) is 3.61. The maximum Gasteiger partial charge on any atom is 0.333 e. The average Bonchev–Trinajstić information content (AvgIpc) is 2.35. The van der Waals surface area contributed by atoms with Crippen LogP contribution in [0.1, 0.15) is 5.56 Å². The van der Waals surface area contributed by atoms with Crippen molar-refractivity contribution in [2.24, 2.45) is 0 Å². The van der Waals surface area contributed by atoms with Crippen LogP contribution in [-0.4, -0.2) is 42.2 Å². The minimum absolute atomic E-state index is 0.0326. The predicted molar refractivity (Wildman–Crippen MR) is 67.4 cm³/mol. The molecule has 1 unspecified atom stereocenters. The maximum absolute atomic E-state index is 11.7. The van der Waals surface area contributed by atoms with Crippen molar-refractivity contribution in [1.82, 2.24) is 4.72 Å². The molecule has 110 valence electrons. The number of benzene rings is 1. The zero-order valence-corrected chi connectivity index (χ0v) is 10.9. The van der Waals surface area contributed by atoms with Crippen LogP contribution >= 0.6 is 0 Å². The van der Waals surface area contributed by atoms with Gasteiger partial charge in [-0.2, -0.15) is 0 Å². The number of carbonyl (C=O) groups is 1. The maximum atomic E-state index is 11.7. The summed E-state index contributed by atoms with van der Waals surface area (Å²) in [7, 11) is -4.00. The third-order valence-electron chi connectivity index (χ3n) is 2.32. The van der Waals surface area contributed by atoms with E-state index in [2.05, 4.69) is 0 Å². The molecule has 0 aliphatic heterocycles. The summed E-state index contributed by atoms with van der Waals surface area (Å²) in [5.74, 6) is -2.25. The molecular weight excluding hydrogens is 292 g/mol. The number of carboxylic acid groups (broad SMARTS) is 1. The minimum Gasteiger partial charge on any atom is -0.479 e. The lowest BCUT2D eigenvalue weighted by molar-refractivity contribution is -0.385. The Morgan fingerprint density at radius 3 is 2.55 bits per heavy atom. The van der Waals surface area contributed by atoms with Gasteiger partial charge in [-0.05, 0) is 0 Å². The van der Waals surface area contributed by atoms with Crippen molar-refractivity contribution in [2.75, 3.05) is 6.54 Å². The number of rotatable bonds is 7. The van der Waals surface area contributed by atoms with Gasteiger partial charge in [-0.15, -0.1) is 0 Å². The first-order chi connectivity index (χ1) is 9.23. The number of nitrogens with zero attached hydrogens (tertiary/aromatic N) is 1. The number of nitro groups is 1. The molecule has 0 saturated carbocycles. The predicted octanol–water partition coefficient (Wildman–Crippen LogP) is -0.540. The highest BCUT2D eigenvalue weighted by atomic mass is 32.2. The number of nitrogens with one attached hydrogen (secondary N) is 1. The third kappa shape index (κ3) is 4.57. The molecule has 3 N–H and O–H groups in total. The zero-order chi connectivity index (χ0) is 15.3. The number of aliphatic hydroxyl groups is 1. The van der Waals surface area contributed by atoms with Crippen LogP contribution < -0.4 is 4.72 Å². The lowest BCUT2D eigenvalue weighted by Crippen LogP contribution is -2.37. The molecule has 0 radical (unpaired) electrons. The fraction of sp³-hybridized carbons (Fsp3) is 0.300. The van der Waals surface area contributed by atoms with E-state index in [1.54, 1.807) is 0 Å². The van der Waals surface area contributed by atoms with E-state index in [-0.39, 0.29) is 11.3 Å². The van der Waals surface area contributed by atoms with Crippen molar-refractivity contribution >= 4 is 21.7 Å². The fourth-order valence-electron chi connectivity index (χ4n) is 1.36. The molecule has 0 spiro atoms. The Bertz CT molecular complexity index is 614. The Balaban J connectivity index is 2.82. The molecule has 0 aliphatic rings. The van der Waals surface area contributed by atoms with Gasteiger partial charge >= 0.3 is 5.97 Å². The highest BCUT2D eigenvalue weighted by Crippen LogP contribution is 2.19. The van der Waals surface area contributed by atoms with Crippen LogP contribution in [0.4, 0.5) is 5.69 Å². The van der Waals surface area contributed by atoms with Crippen molar-refractivity contribution in [3.8, 4) is 0 Å². The molecular formula is C10H12N2O7S. The molecule has 0 aliphatic carbocycles. The molecule has 0 fully saturated rings. The summed E-state index contributed by atoms with van der Waals surface area (Å²) < 4.78 is 25.2. The lowest BCUT2D eigenvalue weighted by Gasteiger charge is -2.09. The Hall–Kier alpha value is -2.04. The van der Waals surface area contributed by atoms with Crippen molar-refractivity contribution in [3.05, 3.63) is 39.9 Å². The molecule has 0 heterocycles. The van der Waals surface area contributed by atoms with Crippen molar-refractivity contribution < 1.29 is 28.3 Å². The van der Waals surface area contributed by atoms with Gasteiger partial charge in [0.1, 0.15) is 0 Å². The highest BCUT2D eigenvalue weighted by molar-refractivity contribution is 7.88. The van der Waals surface area contributed by atoms with Gasteiger partial charge in [-0.1, -0.05) is 18.2 Å². The number of hydrogen-bond acceptors (Lipinski definition) is 6. The molecule has 0 saturated heterocycles. The smallest absolute Gasteiger partial charge is 0.333 e. The molecule has 0 bridgehead atoms. The summed E-state index contributed by atoms with van der Waals surface area (Å²) in [4.78, 5) is 20.4. The second-order valence-corrected chi connectivity index (χ2v) is 5.65. The Labute approximate surface area is 114 Å². The van der Waals surface area contributed by atoms with Gasteiger partial charge in [0, 0.05) is 18.2 Å². The van der Waals surface area contributed by atoms with E-state index in [1.165, 1.54) is 18.2 Å². The van der Waals surface area contributed by atoms with E-state index in [4.69, 9.17) is 10.2 Å². The van der Waals surface area contributed by atoms with Gasteiger partial charge in [-0.25, -0.2) is 17.9 Å².